The lowest BCUT2D eigenvalue weighted by Gasteiger charge is -2.08. The van der Waals surface area contributed by atoms with Crippen LogP contribution in [0.2, 0.25) is 5.02 Å². The Balaban J connectivity index is 0.00000144. The molecular weight excluding hydrogens is 253 g/mol. The molecule has 90 valence electrons. The first kappa shape index (κ1) is 14.0. The van der Waals surface area contributed by atoms with Gasteiger partial charge in [0, 0.05) is 11.1 Å². The number of benzene rings is 2. The maximum absolute atomic E-state index is 5.97. The fourth-order valence-corrected chi connectivity index (χ4v) is 1.86. The first-order chi connectivity index (χ1) is 7.66. The van der Waals surface area contributed by atoms with Gasteiger partial charge in [-0.25, -0.2) is 0 Å². The van der Waals surface area contributed by atoms with Crippen molar-refractivity contribution in [3.8, 4) is 11.1 Å². The lowest BCUT2D eigenvalue weighted by molar-refractivity contribution is 0.819. The third-order valence-corrected chi connectivity index (χ3v) is 2.81. The number of rotatable bonds is 2. The molecule has 0 fully saturated rings. The van der Waals surface area contributed by atoms with Crippen LogP contribution in [0.5, 0.6) is 0 Å². The molecule has 2 aromatic carbocycles. The monoisotopic (exact) mass is 267 g/mol. The molecule has 0 aromatic heterocycles. The van der Waals surface area contributed by atoms with Gasteiger partial charge in [-0.3, -0.25) is 0 Å². The summed E-state index contributed by atoms with van der Waals surface area (Å²) in [5, 5.41) is 0.753. The zero-order valence-electron chi connectivity index (χ0n) is 9.56. The Labute approximate surface area is 113 Å². The summed E-state index contributed by atoms with van der Waals surface area (Å²) in [5.41, 5.74) is 9.27. The van der Waals surface area contributed by atoms with Crippen LogP contribution < -0.4 is 5.73 Å². The Bertz CT molecular complexity index is 495. The molecule has 3 heteroatoms. The Kier molecular flexibility index (Phi) is 5.01. The first-order valence-corrected chi connectivity index (χ1v) is 5.66. The second-order valence-electron chi connectivity index (χ2n) is 3.92. The second-order valence-corrected chi connectivity index (χ2v) is 4.36. The van der Waals surface area contributed by atoms with Gasteiger partial charge in [-0.15, -0.1) is 12.4 Å². The minimum absolute atomic E-state index is 0. The second kappa shape index (κ2) is 6.06. The summed E-state index contributed by atoms with van der Waals surface area (Å²) in [6.07, 6.45) is 0. The van der Waals surface area contributed by atoms with E-state index in [4.69, 9.17) is 17.3 Å². The smallest absolute Gasteiger partial charge is 0.0412 e. The Hall–Kier alpha value is -1.02. The molecule has 0 saturated heterocycles. The van der Waals surface area contributed by atoms with Crippen molar-refractivity contribution < 1.29 is 0 Å². The van der Waals surface area contributed by atoms with E-state index in [1.807, 2.05) is 43.3 Å². The van der Waals surface area contributed by atoms with Crippen molar-refractivity contribution in [1.82, 2.24) is 0 Å². The fraction of sp³-hybridized carbons (Fsp3) is 0.143. The molecule has 0 aliphatic rings. The van der Waals surface area contributed by atoms with Crippen molar-refractivity contribution in [3.05, 3.63) is 59.1 Å². The van der Waals surface area contributed by atoms with Crippen LogP contribution in [0, 0.1) is 0 Å². The van der Waals surface area contributed by atoms with E-state index < -0.39 is 0 Å². The number of halogens is 2. The van der Waals surface area contributed by atoms with Crippen molar-refractivity contribution in [2.75, 3.05) is 0 Å². The van der Waals surface area contributed by atoms with Crippen LogP contribution in [0.1, 0.15) is 18.5 Å². The summed E-state index contributed by atoms with van der Waals surface area (Å²) >= 11 is 5.97. The zero-order chi connectivity index (χ0) is 11.5. The SMILES string of the molecule is CC(N)c1cccc(-c2cccc(Cl)c2)c1.Cl. The van der Waals surface area contributed by atoms with Crippen LogP contribution in [-0.2, 0) is 0 Å². The lowest BCUT2D eigenvalue weighted by Crippen LogP contribution is -2.04. The molecule has 2 N–H and O–H groups in total. The molecule has 0 heterocycles. The summed E-state index contributed by atoms with van der Waals surface area (Å²) in [7, 11) is 0. The molecular formula is C14H15Cl2N. The molecule has 1 atom stereocenters. The minimum atomic E-state index is 0. The predicted octanol–water partition coefficient (Wildman–Crippen LogP) is 4.45. The highest BCUT2D eigenvalue weighted by Gasteiger charge is 2.02. The summed E-state index contributed by atoms with van der Waals surface area (Å²) in [6.45, 7) is 1.98. The highest BCUT2D eigenvalue weighted by molar-refractivity contribution is 6.30. The molecule has 0 aliphatic carbocycles. The van der Waals surface area contributed by atoms with Crippen LogP contribution in [0.4, 0.5) is 0 Å². The Morgan fingerprint density at radius 3 is 2.18 bits per heavy atom. The van der Waals surface area contributed by atoms with Gasteiger partial charge in [-0.05, 0) is 41.8 Å². The predicted molar refractivity (Wildman–Crippen MR) is 76.7 cm³/mol. The molecule has 0 aliphatic heterocycles. The molecule has 0 amide bonds. The fourth-order valence-electron chi connectivity index (χ4n) is 1.67. The van der Waals surface area contributed by atoms with E-state index in [9.17, 15) is 0 Å². The molecule has 2 rings (SSSR count). The molecule has 2 aromatic rings. The Morgan fingerprint density at radius 2 is 1.59 bits per heavy atom. The number of nitrogens with two attached hydrogens (primary N) is 1. The topological polar surface area (TPSA) is 26.0 Å². The van der Waals surface area contributed by atoms with Crippen LogP contribution in [0.3, 0.4) is 0 Å². The summed E-state index contributed by atoms with van der Waals surface area (Å²) in [6, 6.07) is 16.1. The normalized spacial score (nSPS) is 11.7. The van der Waals surface area contributed by atoms with Gasteiger partial charge in [-0.2, -0.15) is 0 Å². The van der Waals surface area contributed by atoms with E-state index in [1.54, 1.807) is 0 Å². The molecule has 0 spiro atoms. The molecule has 0 radical (unpaired) electrons. The van der Waals surface area contributed by atoms with E-state index in [-0.39, 0.29) is 18.4 Å². The standard InChI is InChI=1S/C14H14ClN.ClH/c1-10(16)11-4-2-5-12(8-11)13-6-3-7-14(15)9-13;/h2-10H,16H2,1H3;1H. The van der Waals surface area contributed by atoms with Crippen LogP contribution in [-0.4, -0.2) is 0 Å². The molecule has 17 heavy (non-hydrogen) atoms. The van der Waals surface area contributed by atoms with Crippen molar-refractivity contribution in [3.63, 3.8) is 0 Å². The third kappa shape index (κ3) is 3.47. The van der Waals surface area contributed by atoms with E-state index in [2.05, 4.69) is 12.1 Å². The third-order valence-electron chi connectivity index (χ3n) is 2.57. The van der Waals surface area contributed by atoms with Gasteiger partial charge in [-0.1, -0.05) is 41.9 Å². The van der Waals surface area contributed by atoms with Crippen molar-refractivity contribution in [2.45, 2.75) is 13.0 Å². The summed E-state index contributed by atoms with van der Waals surface area (Å²) in [4.78, 5) is 0. The van der Waals surface area contributed by atoms with Gasteiger partial charge in [0.2, 0.25) is 0 Å². The first-order valence-electron chi connectivity index (χ1n) is 5.28. The molecule has 1 unspecified atom stereocenters. The van der Waals surface area contributed by atoms with Gasteiger partial charge >= 0.3 is 0 Å². The van der Waals surface area contributed by atoms with E-state index >= 15 is 0 Å². The summed E-state index contributed by atoms with van der Waals surface area (Å²) in [5.74, 6) is 0. The van der Waals surface area contributed by atoms with Crippen LogP contribution in [0.15, 0.2) is 48.5 Å². The molecule has 0 bridgehead atoms. The average molecular weight is 268 g/mol. The lowest BCUT2D eigenvalue weighted by atomic mass is 10.0. The van der Waals surface area contributed by atoms with Crippen LogP contribution >= 0.6 is 24.0 Å². The van der Waals surface area contributed by atoms with Gasteiger partial charge in [0.25, 0.3) is 0 Å². The van der Waals surface area contributed by atoms with Crippen molar-refractivity contribution >= 4 is 24.0 Å². The maximum Gasteiger partial charge on any atom is 0.0412 e. The largest absolute Gasteiger partial charge is 0.324 e. The van der Waals surface area contributed by atoms with Crippen LogP contribution in [0.25, 0.3) is 11.1 Å². The van der Waals surface area contributed by atoms with Gasteiger partial charge in [0.05, 0.1) is 0 Å². The minimum Gasteiger partial charge on any atom is -0.324 e. The highest BCUT2D eigenvalue weighted by atomic mass is 35.5. The average Bonchev–Trinajstić information content (AvgIpc) is 2.29. The Morgan fingerprint density at radius 1 is 1.00 bits per heavy atom. The van der Waals surface area contributed by atoms with Crippen molar-refractivity contribution in [1.29, 1.82) is 0 Å². The quantitative estimate of drug-likeness (QED) is 0.855. The summed E-state index contributed by atoms with van der Waals surface area (Å²) < 4.78 is 0. The number of hydrogen-bond acceptors (Lipinski definition) is 1. The van der Waals surface area contributed by atoms with E-state index in [0.29, 0.717) is 0 Å². The van der Waals surface area contributed by atoms with Gasteiger partial charge in [0.1, 0.15) is 0 Å². The maximum atomic E-state index is 5.97. The van der Waals surface area contributed by atoms with Gasteiger partial charge < -0.3 is 5.73 Å². The molecule has 0 saturated carbocycles. The van der Waals surface area contributed by atoms with E-state index in [0.717, 1.165) is 21.7 Å². The van der Waals surface area contributed by atoms with Gasteiger partial charge in [0.15, 0.2) is 0 Å². The number of hydrogen-bond donors (Lipinski definition) is 1. The van der Waals surface area contributed by atoms with Crippen molar-refractivity contribution in [2.24, 2.45) is 5.73 Å². The van der Waals surface area contributed by atoms with E-state index in [1.165, 1.54) is 0 Å². The highest BCUT2D eigenvalue weighted by Crippen LogP contribution is 2.24. The molecule has 1 nitrogen and oxygen atoms in total. The zero-order valence-corrected chi connectivity index (χ0v) is 11.1.